The predicted octanol–water partition coefficient (Wildman–Crippen LogP) is 1.91. The van der Waals surface area contributed by atoms with Crippen LogP contribution < -0.4 is 0 Å². The van der Waals surface area contributed by atoms with Gasteiger partial charge in [0.1, 0.15) is 0 Å². The fourth-order valence-corrected chi connectivity index (χ4v) is 0.929. The first-order valence-corrected chi connectivity index (χ1v) is 4.04. The number of hydrogen-bond acceptors (Lipinski definition) is 3. The minimum atomic E-state index is -0.865. The van der Waals surface area contributed by atoms with Crippen LogP contribution in [-0.4, -0.2) is 17.3 Å². The van der Waals surface area contributed by atoms with Gasteiger partial charge in [-0.15, -0.1) is 0 Å². The van der Waals surface area contributed by atoms with Crippen molar-refractivity contribution in [2.75, 3.05) is 0 Å². The molecule has 0 aliphatic carbocycles. The SMILES string of the molecule is CCC[C@H](N=[N+]=[N-])[C@H](O)/C=C/C#N. The van der Waals surface area contributed by atoms with Crippen LogP contribution in [0, 0.1) is 11.3 Å². The highest BCUT2D eigenvalue weighted by Crippen LogP contribution is 2.08. The minimum Gasteiger partial charge on any atom is -0.389 e. The molecule has 70 valence electrons. The average molecular weight is 180 g/mol. The molecule has 0 saturated carbocycles. The van der Waals surface area contributed by atoms with Gasteiger partial charge in [0, 0.05) is 11.0 Å². The molecule has 13 heavy (non-hydrogen) atoms. The molecule has 0 aliphatic rings. The Morgan fingerprint density at radius 1 is 1.77 bits per heavy atom. The number of aliphatic hydroxyl groups is 1. The van der Waals surface area contributed by atoms with Crippen LogP contribution in [0.1, 0.15) is 19.8 Å². The van der Waals surface area contributed by atoms with Crippen LogP contribution in [-0.2, 0) is 0 Å². The lowest BCUT2D eigenvalue weighted by Gasteiger charge is -2.12. The van der Waals surface area contributed by atoms with Crippen LogP contribution in [0.25, 0.3) is 10.4 Å². The Kier molecular flexibility index (Phi) is 6.34. The maximum absolute atomic E-state index is 9.40. The summed E-state index contributed by atoms with van der Waals surface area (Å²) in [6, 6.07) is 1.29. The molecule has 0 aromatic carbocycles. The molecule has 0 saturated heterocycles. The van der Waals surface area contributed by atoms with E-state index in [2.05, 4.69) is 10.0 Å². The van der Waals surface area contributed by atoms with Gasteiger partial charge in [-0.3, -0.25) is 0 Å². The normalized spacial score (nSPS) is 14.5. The molecule has 5 heteroatoms. The summed E-state index contributed by atoms with van der Waals surface area (Å²) in [5.41, 5.74) is 8.20. The van der Waals surface area contributed by atoms with Gasteiger partial charge in [0.05, 0.1) is 18.2 Å². The molecule has 0 rings (SSSR count). The monoisotopic (exact) mass is 180 g/mol. The zero-order valence-electron chi connectivity index (χ0n) is 7.46. The van der Waals surface area contributed by atoms with Gasteiger partial charge < -0.3 is 5.11 Å². The van der Waals surface area contributed by atoms with Crippen LogP contribution in [0.5, 0.6) is 0 Å². The van der Waals surface area contributed by atoms with Crippen molar-refractivity contribution in [2.45, 2.75) is 31.9 Å². The Bertz CT molecular complexity index is 249. The van der Waals surface area contributed by atoms with E-state index in [0.717, 1.165) is 6.42 Å². The molecule has 1 N–H and O–H groups in total. The summed E-state index contributed by atoms with van der Waals surface area (Å²) in [5.74, 6) is 0. The minimum absolute atomic E-state index is 0.473. The second-order valence-corrected chi connectivity index (χ2v) is 2.54. The lowest BCUT2D eigenvalue weighted by atomic mass is 10.1. The van der Waals surface area contributed by atoms with Crippen LogP contribution in [0.3, 0.4) is 0 Å². The number of aliphatic hydroxyl groups excluding tert-OH is 1. The molecule has 0 aromatic rings. The van der Waals surface area contributed by atoms with E-state index in [1.165, 1.54) is 12.2 Å². The van der Waals surface area contributed by atoms with Gasteiger partial charge in [0.2, 0.25) is 0 Å². The Morgan fingerprint density at radius 3 is 2.92 bits per heavy atom. The molecule has 0 bridgehead atoms. The molecule has 2 atom stereocenters. The topological polar surface area (TPSA) is 92.8 Å². The third-order valence-electron chi connectivity index (χ3n) is 1.55. The zero-order valence-corrected chi connectivity index (χ0v) is 7.46. The molecule has 0 heterocycles. The average Bonchev–Trinajstić information content (AvgIpc) is 2.14. The number of azide groups is 1. The van der Waals surface area contributed by atoms with Crippen molar-refractivity contribution >= 4 is 0 Å². The lowest BCUT2D eigenvalue weighted by molar-refractivity contribution is 0.186. The van der Waals surface area contributed by atoms with Crippen molar-refractivity contribution in [1.29, 1.82) is 5.26 Å². The fraction of sp³-hybridized carbons (Fsp3) is 0.625. The largest absolute Gasteiger partial charge is 0.389 e. The van der Waals surface area contributed by atoms with E-state index in [1.54, 1.807) is 6.07 Å². The number of allylic oxidation sites excluding steroid dienone is 1. The standard InChI is InChI=1S/C8H12N4O/c1-2-4-7(11-12-10)8(13)5-3-6-9/h3,5,7-8,13H,2,4H2,1H3/b5-3+/t7-,8+/m0/s1. The zero-order chi connectivity index (χ0) is 10.1. The van der Waals surface area contributed by atoms with E-state index in [0.29, 0.717) is 6.42 Å². The Hall–Kier alpha value is -1.50. The molecule has 0 spiro atoms. The van der Waals surface area contributed by atoms with Gasteiger partial charge in [-0.25, -0.2) is 0 Å². The number of nitriles is 1. The van der Waals surface area contributed by atoms with Crippen molar-refractivity contribution < 1.29 is 5.11 Å². The van der Waals surface area contributed by atoms with Gasteiger partial charge in [0.15, 0.2) is 0 Å². The van der Waals surface area contributed by atoms with E-state index in [1.807, 2.05) is 6.92 Å². The van der Waals surface area contributed by atoms with Gasteiger partial charge in [-0.2, -0.15) is 5.26 Å². The van der Waals surface area contributed by atoms with Crippen LogP contribution >= 0.6 is 0 Å². The molecular weight excluding hydrogens is 168 g/mol. The van der Waals surface area contributed by atoms with E-state index in [4.69, 9.17) is 10.8 Å². The first-order chi connectivity index (χ1) is 6.26. The second kappa shape index (κ2) is 7.17. The molecule has 5 nitrogen and oxygen atoms in total. The lowest BCUT2D eigenvalue weighted by Crippen LogP contribution is -2.21. The van der Waals surface area contributed by atoms with Gasteiger partial charge in [0.25, 0.3) is 0 Å². The summed E-state index contributed by atoms with van der Waals surface area (Å²) < 4.78 is 0. The van der Waals surface area contributed by atoms with Crippen molar-refractivity contribution in [3.05, 3.63) is 22.6 Å². The molecule has 0 fully saturated rings. The molecular formula is C8H12N4O. The molecule has 0 unspecified atom stereocenters. The third-order valence-corrected chi connectivity index (χ3v) is 1.55. The summed E-state index contributed by atoms with van der Waals surface area (Å²) >= 11 is 0. The Balaban J connectivity index is 4.27. The highest BCUT2D eigenvalue weighted by Gasteiger charge is 2.13. The number of hydrogen-bond donors (Lipinski definition) is 1. The van der Waals surface area contributed by atoms with Crippen molar-refractivity contribution in [1.82, 2.24) is 0 Å². The molecule has 0 aromatic heterocycles. The fourth-order valence-electron chi connectivity index (χ4n) is 0.929. The highest BCUT2D eigenvalue weighted by molar-refractivity contribution is 5.06. The Morgan fingerprint density at radius 2 is 2.46 bits per heavy atom. The second-order valence-electron chi connectivity index (χ2n) is 2.54. The number of rotatable bonds is 5. The van der Waals surface area contributed by atoms with Crippen LogP contribution in [0.15, 0.2) is 17.3 Å². The van der Waals surface area contributed by atoms with Crippen LogP contribution in [0.2, 0.25) is 0 Å². The Labute approximate surface area is 76.9 Å². The first-order valence-electron chi connectivity index (χ1n) is 4.04. The van der Waals surface area contributed by atoms with Gasteiger partial charge >= 0.3 is 0 Å². The summed E-state index contributed by atoms with van der Waals surface area (Å²) in [7, 11) is 0. The summed E-state index contributed by atoms with van der Waals surface area (Å²) in [4.78, 5) is 2.63. The maximum Gasteiger partial charge on any atom is 0.0909 e. The van der Waals surface area contributed by atoms with E-state index in [-0.39, 0.29) is 0 Å². The number of nitrogens with zero attached hydrogens (tertiary/aromatic N) is 4. The van der Waals surface area contributed by atoms with Crippen molar-refractivity contribution in [2.24, 2.45) is 5.11 Å². The smallest absolute Gasteiger partial charge is 0.0909 e. The summed E-state index contributed by atoms with van der Waals surface area (Å²) in [5, 5.41) is 21.0. The van der Waals surface area contributed by atoms with Crippen molar-refractivity contribution in [3.8, 4) is 6.07 Å². The summed E-state index contributed by atoms with van der Waals surface area (Å²) in [6.45, 7) is 1.93. The molecule has 0 aliphatic heterocycles. The molecule has 0 amide bonds. The van der Waals surface area contributed by atoms with E-state index >= 15 is 0 Å². The maximum atomic E-state index is 9.40. The van der Waals surface area contributed by atoms with Crippen molar-refractivity contribution in [3.63, 3.8) is 0 Å². The first kappa shape index (κ1) is 11.5. The highest BCUT2D eigenvalue weighted by atomic mass is 16.3. The van der Waals surface area contributed by atoms with E-state index < -0.39 is 12.1 Å². The predicted molar refractivity (Wildman–Crippen MR) is 48.6 cm³/mol. The van der Waals surface area contributed by atoms with Gasteiger partial charge in [-0.1, -0.05) is 18.5 Å². The third kappa shape index (κ3) is 4.86. The van der Waals surface area contributed by atoms with E-state index in [9.17, 15) is 5.11 Å². The van der Waals surface area contributed by atoms with Gasteiger partial charge in [-0.05, 0) is 18.0 Å². The molecule has 0 radical (unpaired) electrons. The van der Waals surface area contributed by atoms with Crippen LogP contribution in [0.4, 0.5) is 0 Å². The quantitative estimate of drug-likeness (QED) is 0.303. The summed E-state index contributed by atoms with van der Waals surface area (Å²) in [6.07, 6.45) is 3.08.